The lowest BCUT2D eigenvalue weighted by Gasteiger charge is -2.57. The van der Waals surface area contributed by atoms with Crippen LogP contribution < -0.4 is 0 Å². The molecule has 3 saturated carbocycles. The van der Waals surface area contributed by atoms with Crippen LogP contribution in [-0.2, 0) is 4.79 Å². The molecule has 4 aliphatic carbocycles. The van der Waals surface area contributed by atoms with Gasteiger partial charge in [-0.3, -0.25) is 4.79 Å². The Labute approximate surface area is 132 Å². The van der Waals surface area contributed by atoms with Crippen molar-refractivity contribution in [1.29, 1.82) is 0 Å². The third kappa shape index (κ3) is 1.78. The summed E-state index contributed by atoms with van der Waals surface area (Å²) in [6.45, 7) is 4.52. The molecule has 7 atom stereocenters. The molecule has 3 fully saturated rings. The third-order valence-corrected chi connectivity index (χ3v) is 7.87. The molecule has 0 aromatic carbocycles. The normalized spacial score (nSPS) is 54.3. The van der Waals surface area contributed by atoms with Crippen LogP contribution in [0.25, 0.3) is 0 Å². The molecule has 22 heavy (non-hydrogen) atoms. The standard InChI is InChI=1S/C19H28O3/c1-18-7-5-12(20)9-11(18)3-4-13-14(18)6-8-19(2)15(13)10-16(21)17(19)22/h3,12-15,17,20,22H,4-10H2,1-2H3/t12?,13-,14+,15+,17?,18+,19+/m1/s1. The highest BCUT2D eigenvalue weighted by molar-refractivity contribution is 5.86. The Morgan fingerprint density at radius 3 is 2.64 bits per heavy atom. The molecule has 2 unspecified atom stereocenters. The van der Waals surface area contributed by atoms with Gasteiger partial charge in [0.2, 0.25) is 0 Å². The summed E-state index contributed by atoms with van der Waals surface area (Å²) in [7, 11) is 0. The molecule has 0 amide bonds. The highest BCUT2D eigenvalue weighted by Gasteiger charge is 2.60. The lowest BCUT2D eigenvalue weighted by Crippen LogP contribution is -2.51. The first-order valence-corrected chi connectivity index (χ1v) is 8.94. The second-order valence-corrected chi connectivity index (χ2v) is 8.77. The number of aliphatic hydroxyl groups is 2. The van der Waals surface area contributed by atoms with Gasteiger partial charge in [0.05, 0.1) is 6.10 Å². The first kappa shape index (κ1) is 14.9. The molecule has 4 aliphatic rings. The van der Waals surface area contributed by atoms with Crippen molar-refractivity contribution >= 4 is 5.78 Å². The number of hydrogen-bond acceptors (Lipinski definition) is 3. The van der Waals surface area contributed by atoms with Crippen LogP contribution in [0.2, 0.25) is 0 Å². The van der Waals surface area contributed by atoms with E-state index in [4.69, 9.17) is 0 Å². The zero-order chi connectivity index (χ0) is 15.7. The van der Waals surface area contributed by atoms with Crippen molar-refractivity contribution in [2.24, 2.45) is 28.6 Å². The van der Waals surface area contributed by atoms with Gasteiger partial charge in [0.1, 0.15) is 6.10 Å². The number of carbonyl (C=O) groups is 1. The highest BCUT2D eigenvalue weighted by atomic mass is 16.3. The summed E-state index contributed by atoms with van der Waals surface area (Å²) in [4.78, 5) is 12.1. The second-order valence-electron chi connectivity index (χ2n) is 8.77. The van der Waals surface area contributed by atoms with Crippen LogP contribution in [0, 0.1) is 28.6 Å². The first-order chi connectivity index (χ1) is 10.4. The number of ketones is 1. The summed E-state index contributed by atoms with van der Waals surface area (Å²) in [6.07, 6.45) is 7.95. The molecule has 2 N–H and O–H groups in total. The summed E-state index contributed by atoms with van der Waals surface area (Å²) >= 11 is 0. The number of Topliss-reactive ketones (excluding diaryl/α,β-unsaturated/α-hetero) is 1. The van der Waals surface area contributed by atoms with Gasteiger partial charge >= 0.3 is 0 Å². The Morgan fingerprint density at radius 2 is 1.86 bits per heavy atom. The first-order valence-electron chi connectivity index (χ1n) is 8.94. The van der Waals surface area contributed by atoms with E-state index < -0.39 is 6.10 Å². The SMILES string of the molecule is C[C@]12CCC(O)CC1=CC[C@@H]1[C@@H]2CC[C@]2(C)C(O)C(=O)C[C@@H]12. The van der Waals surface area contributed by atoms with E-state index in [9.17, 15) is 15.0 Å². The Kier molecular flexibility index (Phi) is 3.16. The van der Waals surface area contributed by atoms with E-state index >= 15 is 0 Å². The fourth-order valence-electron chi connectivity index (χ4n) is 6.41. The molecule has 122 valence electrons. The predicted octanol–water partition coefficient (Wildman–Crippen LogP) is 2.85. The molecule has 3 nitrogen and oxygen atoms in total. The molecule has 0 bridgehead atoms. The Bertz CT molecular complexity index is 539. The van der Waals surface area contributed by atoms with Gasteiger partial charge in [-0.1, -0.05) is 25.5 Å². The summed E-state index contributed by atoms with van der Waals surface area (Å²) in [5.41, 5.74) is 1.47. The van der Waals surface area contributed by atoms with Gasteiger partial charge in [0.25, 0.3) is 0 Å². The molecule has 0 heterocycles. The average Bonchev–Trinajstić information content (AvgIpc) is 2.72. The van der Waals surface area contributed by atoms with Gasteiger partial charge in [-0.2, -0.15) is 0 Å². The largest absolute Gasteiger partial charge is 0.393 e. The molecule has 0 radical (unpaired) electrons. The highest BCUT2D eigenvalue weighted by Crippen LogP contribution is 2.64. The fourth-order valence-corrected chi connectivity index (χ4v) is 6.41. The van der Waals surface area contributed by atoms with E-state index in [2.05, 4.69) is 19.9 Å². The fraction of sp³-hybridized carbons (Fsp3) is 0.842. The van der Waals surface area contributed by atoms with Gasteiger partial charge in [-0.25, -0.2) is 0 Å². The van der Waals surface area contributed by atoms with Crippen LogP contribution in [0.5, 0.6) is 0 Å². The minimum absolute atomic E-state index is 0.0622. The number of carbonyl (C=O) groups excluding carboxylic acids is 1. The smallest absolute Gasteiger partial charge is 0.162 e. The van der Waals surface area contributed by atoms with Gasteiger partial charge in [0.15, 0.2) is 5.78 Å². The van der Waals surface area contributed by atoms with Crippen molar-refractivity contribution in [3.63, 3.8) is 0 Å². The lowest BCUT2D eigenvalue weighted by molar-refractivity contribution is -0.128. The van der Waals surface area contributed by atoms with Crippen LogP contribution in [0.15, 0.2) is 11.6 Å². The number of allylic oxidation sites excluding steroid dienone is 1. The van der Waals surface area contributed by atoms with Crippen molar-refractivity contribution in [3.05, 3.63) is 11.6 Å². The van der Waals surface area contributed by atoms with Crippen molar-refractivity contribution in [1.82, 2.24) is 0 Å². The molecular formula is C19H28O3. The van der Waals surface area contributed by atoms with E-state index in [1.54, 1.807) is 0 Å². The van der Waals surface area contributed by atoms with Gasteiger partial charge in [-0.05, 0) is 61.7 Å². The third-order valence-electron chi connectivity index (χ3n) is 7.87. The molecule has 0 aromatic heterocycles. The molecule has 4 rings (SSSR count). The van der Waals surface area contributed by atoms with Crippen molar-refractivity contribution in [3.8, 4) is 0 Å². The zero-order valence-electron chi connectivity index (χ0n) is 13.7. The summed E-state index contributed by atoms with van der Waals surface area (Å²) in [6, 6.07) is 0. The van der Waals surface area contributed by atoms with Crippen LogP contribution in [0.3, 0.4) is 0 Å². The molecule has 0 spiro atoms. The topological polar surface area (TPSA) is 57.5 Å². The molecule has 0 aliphatic heterocycles. The van der Waals surface area contributed by atoms with Crippen LogP contribution in [0.1, 0.15) is 58.8 Å². The summed E-state index contributed by atoms with van der Waals surface area (Å²) in [5.74, 6) is 1.56. The van der Waals surface area contributed by atoms with E-state index in [1.807, 2.05) is 0 Å². The van der Waals surface area contributed by atoms with E-state index in [0.717, 1.165) is 38.5 Å². The van der Waals surface area contributed by atoms with Crippen LogP contribution >= 0.6 is 0 Å². The molecule has 0 aromatic rings. The van der Waals surface area contributed by atoms with Crippen LogP contribution in [-0.4, -0.2) is 28.2 Å². The van der Waals surface area contributed by atoms with Gasteiger partial charge in [0, 0.05) is 11.8 Å². The summed E-state index contributed by atoms with van der Waals surface area (Å²) in [5, 5.41) is 20.4. The van der Waals surface area contributed by atoms with Gasteiger partial charge in [-0.15, -0.1) is 0 Å². The monoisotopic (exact) mass is 304 g/mol. The Morgan fingerprint density at radius 1 is 1.09 bits per heavy atom. The zero-order valence-corrected chi connectivity index (χ0v) is 13.7. The van der Waals surface area contributed by atoms with E-state index in [-0.39, 0.29) is 22.7 Å². The molecule has 0 saturated heterocycles. The number of hydrogen-bond donors (Lipinski definition) is 2. The lowest BCUT2D eigenvalue weighted by atomic mass is 9.48. The van der Waals surface area contributed by atoms with Crippen molar-refractivity contribution < 1.29 is 15.0 Å². The van der Waals surface area contributed by atoms with Crippen molar-refractivity contribution in [2.45, 2.75) is 71.0 Å². The van der Waals surface area contributed by atoms with Crippen LogP contribution in [0.4, 0.5) is 0 Å². The number of fused-ring (bicyclic) bond motifs is 5. The number of rotatable bonds is 0. The molecule has 3 heteroatoms. The maximum atomic E-state index is 12.1. The van der Waals surface area contributed by atoms with Gasteiger partial charge < -0.3 is 10.2 Å². The predicted molar refractivity (Wildman–Crippen MR) is 84.1 cm³/mol. The number of aliphatic hydroxyl groups excluding tert-OH is 2. The maximum Gasteiger partial charge on any atom is 0.162 e. The second kappa shape index (κ2) is 4.67. The minimum Gasteiger partial charge on any atom is -0.393 e. The Balaban J connectivity index is 1.70. The molecular weight excluding hydrogens is 276 g/mol. The minimum atomic E-state index is -0.746. The summed E-state index contributed by atoms with van der Waals surface area (Å²) < 4.78 is 0. The quantitative estimate of drug-likeness (QED) is 0.677. The average molecular weight is 304 g/mol. The van der Waals surface area contributed by atoms with E-state index in [1.165, 1.54) is 5.57 Å². The van der Waals surface area contributed by atoms with E-state index in [0.29, 0.717) is 24.2 Å². The Hall–Kier alpha value is -0.670. The maximum absolute atomic E-state index is 12.1. The van der Waals surface area contributed by atoms with Crippen molar-refractivity contribution in [2.75, 3.05) is 0 Å².